The van der Waals surface area contributed by atoms with Crippen LogP contribution in [0.5, 0.6) is 0 Å². The van der Waals surface area contributed by atoms with Gasteiger partial charge >= 0.3 is 0 Å². The Morgan fingerprint density at radius 2 is 1.88 bits per heavy atom. The van der Waals surface area contributed by atoms with Gasteiger partial charge in [0.15, 0.2) is 10.9 Å². The Labute approximate surface area is 205 Å². The highest BCUT2D eigenvalue weighted by Gasteiger charge is 2.17. The maximum absolute atomic E-state index is 12.5. The van der Waals surface area contributed by atoms with Crippen LogP contribution in [-0.4, -0.2) is 38.0 Å². The molecule has 3 heterocycles. The van der Waals surface area contributed by atoms with Crippen LogP contribution in [0.3, 0.4) is 0 Å². The van der Waals surface area contributed by atoms with Gasteiger partial charge in [0.2, 0.25) is 11.7 Å². The van der Waals surface area contributed by atoms with Gasteiger partial charge < -0.3 is 9.73 Å². The lowest BCUT2D eigenvalue weighted by atomic mass is 10.2. The Kier molecular flexibility index (Phi) is 7.02. The van der Waals surface area contributed by atoms with Gasteiger partial charge in [-0.2, -0.15) is 0 Å². The molecule has 0 aliphatic heterocycles. The van der Waals surface area contributed by atoms with E-state index in [4.69, 9.17) is 4.42 Å². The molecule has 0 atom stereocenters. The van der Waals surface area contributed by atoms with E-state index in [-0.39, 0.29) is 11.7 Å². The van der Waals surface area contributed by atoms with E-state index in [2.05, 4.69) is 38.7 Å². The minimum Gasteiger partial charge on any atom is -0.461 e. The molecule has 0 saturated heterocycles. The molecule has 34 heavy (non-hydrogen) atoms. The molecule has 7 nitrogen and oxygen atoms in total. The number of thiazole rings is 1. The zero-order chi connectivity index (χ0) is 23.2. The predicted molar refractivity (Wildman–Crippen MR) is 135 cm³/mol. The van der Waals surface area contributed by atoms with Crippen LogP contribution in [-0.2, 0) is 17.8 Å². The van der Waals surface area contributed by atoms with Gasteiger partial charge in [0, 0.05) is 13.0 Å². The highest BCUT2D eigenvalue weighted by molar-refractivity contribution is 7.99. The first-order chi connectivity index (χ1) is 16.8. The number of nitrogens with one attached hydrogen (secondary N) is 1. The molecule has 0 aliphatic rings. The molecular weight excluding hydrogens is 466 g/mol. The highest BCUT2D eigenvalue weighted by Crippen LogP contribution is 2.26. The highest BCUT2D eigenvalue weighted by atomic mass is 32.2. The number of hydrogen-bond acceptors (Lipinski definition) is 7. The summed E-state index contributed by atoms with van der Waals surface area (Å²) in [5.74, 6) is 1.54. The van der Waals surface area contributed by atoms with E-state index in [1.807, 2.05) is 53.1 Å². The largest absolute Gasteiger partial charge is 0.461 e. The second-order valence-corrected chi connectivity index (χ2v) is 9.73. The van der Waals surface area contributed by atoms with Crippen molar-refractivity contribution < 1.29 is 9.21 Å². The monoisotopic (exact) mass is 489 g/mol. The van der Waals surface area contributed by atoms with Crippen molar-refractivity contribution >= 4 is 39.2 Å². The molecule has 0 spiro atoms. The van der Waals surface area contributed by atoms with Crippen molar-refractivity contribution in [3.63, 3.8) is 0 Å². The summed E-state index contributed by atoms with van der Waals surface area (Å²) in [7, 11) is 0. The maximum atomic E-state index is 12.5. The summed E-state index contributed by atoms with van der Waals surface area (Å²) in [6.07, 6.45) is 3.32. The minimum absolute atomic E-state index is 0.0249. The number of aromatic nitrogens is 4. The topological polar surface area (TPSA) is 85.8 Å². The van der Waals surface area contributed by atoms with Gasteiger partial charge in [-0.3, -0.25) is 9.36 Å². The molecule has 1 amide bonds. The van der Waals surface area contributed by atoms with E-state index >= 15 is 0 Å². The Morgan fingerprint density at radius 1 is 1.03 bits per heavy atom. The standard InChI is InChI=1S/C25H23N5O2S2/c31-22(26-14-6-13-23-27-19-10-4-5-12-21(19)34-23)17-33-25-29-28-24(20-11-7-15-32-20)30(25)16-18-8-2-1-3-9-18/h1-5,7-12,15H,6,13-14,16-17H2,(H,26,31). The van der Waals surface area contributed by atoms with E-state index in [0.717, 1.165) is 28.9 Å². The van der Waals surface area contributed by atoms with Crippen LogP contribution in [0.15, 0.2) is 82.6 Å². The molecule has 0 bridgehead atoms. The van der Waals surface area contributed by atoms with Gasteiger partial charge in [0.1, 0.15) is 0 Å². The Balaban J connectivity index is 1.16. The van der Waals surface area contributed by atoms with Gasteiger partial charge in [-0.05, 0) is 36.2 Å². The van der Waals surface area contributed by atoms with Crippen molar-refractivity contribution in [3.05, 3.63) is 83.6 Å². The van der Waals surface area contributed by atoms with E-state index in [1.165, 1.54) is 16.5 Å². The smallest absolute Gasteiger partial charge is 0.230 e. The number of amides is 1. The number of benzene rings is 2. The number of carbonyl (C=O) groups excluding carboxylic acids is 1. The van der Waals surface area contributed by atoms with Gasteiger partial charge in [-0.15, -0.1) is 21.5 Å². The molecule has 3 aromatic heterocycles. The number of furan rings is 1. The third-order valence-electron chi connectivity index (χ3n) is 5.20. The lowest BCUT2D eigenvalue weighted by molar-refractivity contribution is -0.118. The SMILES string of the molecule is O=C(CSc1nnc(-c2ccco2)n1Cc1ccccc1)NCCCc1nc2ccccc2s1. The van der Waals surface area contributed by atoms with E-state index in [9.17, 15) is 4.79 Å². The molecule has 5 aromatic rings. The number of hydrogen-bond donors (Lipinski definition) is 1. The normalized spacial score (nSPS) is 11.2. The van der Waals surface area contributed by atoms with Crippen molar-refractivity contribution in [2.24, 2.45) is 0 Å². The van der Waals surface area contributed by atoms with Crippen LogP contribution in [0.25, 0.3) is 21.8 Å². The first-order valence-electron chi connectivity index (χ1n) is 11.0. The van der Waals surface area contributed by atoms with Crippen molar-refractivity contribution in [3.8, 4) is 11.6 Å². The third-order valence-corrected chi connectivity index (χ3v) is 7.26. The molecule has 0 saturated carbocycles. The number of nitrogens with zero attached hydrogens (tertiary/aromatic N) is 4. The van der Waals surface area contributed by atoms with Crippen molar-refractivity contribution in [2.45, 2.75) is 24.5 Å². The first kappa shape index (κ1) is 22.4. The molecule has 0 radical (unpaired) electrons. The average Bonchev–Trinajstić information content (AvgIpc) is 3.61. The fourth-order valence-electron chi connectivity index (χ4n) is 3.57. The summed E-state index contributed by atoms with van der Waals surface area (Å²) >= 11 is 3.09. The van der Waals surface area contributed by atoms with Crippen LogP contribution < -0.4 is 5.32 Å². The molecule has 2 aromatic carbocycles. The van der Waals surface area contributed by atoms with E-state index in [0.29, 0.717) is 29.8 Å². The fourth-order valence-corrected chi connectivity index (χ4v) is 5.34. The summed E-state index contributed by atoms with van der Waals surface area (Å²) in [6.45, 7) is 1.21. The lowest BCUT2D eigenvalue weighted by Crippen LogP contribution is -2.26. The third kappa shape index (κ3) is 5.37. The molecular formula is C25H23N5O2S2. The quantitative estimate of drug-likeness (QED) is 0.219. The van der Waals surface area contributed by atoms with Crippen LogP contribution in [0.4, 0.5) is 0 Å². The van der Waals surface area contributed by atoms with Crippen LogP contribution >= 0.6 is 23.1 Å². The zero-order valence-corrected chi connectivity index (χ0v) is 20.0. The second-order valence-electron chi connectivity index (χ2n) is 7.67. The summed E-state index contributed by atoms with van der Waals surface area (Å²) < 4.78 is 8.73. The van der Waals surface area contributed by atoms with Crippen LogP contribution in [0, 0.1) is 0 Å². The van der Waals surface area contributed by atoms with E-state index < -0.39 is 0 Å². The number of thioether (sulfide) groups is 1. The minimum atomic E-state index is -0.0249. The van der Waals surface area contributed by atoms with Gasteiger partial charge in [0.25, 0.3) is 0 Å². The Hall–Kier alpha value is -3.43. The molecule has 0 unspecified atom stereocenters. The van der Waals surface area contributed by atoms with Crippen LogP contribution in [0.2, 0.25) is 0 Å². The van der Waals surface area contributed by atoms with Crippen molar-refractivity contribution in [1.29, 1.82) is 0 Å². The average molecular weight is 490 g/mol. The predicted octanol–water partition coefficient (Wildman–Crippen LogP) is 5.04. The Morgan fingerprint density at radius 3 is 2.71 bits per heavy atom. The molecule has 0 aliphatic carbocycles. The van der Waals surface area contributed by atoms with Gasteiger partial charge in [-0.25, -0.2) is 4.98 Å². The maximum Gasteiger partial charge on any atom is 0.230 e. The first-order valence-corrected chi connectivity index (χ1v) is 12.8. The number of para-hydroxylation sites is 1. The van der Waals surface area contributed by atoms with Gasteiger partial charge in [0.05, 0.1) is 33.8 Å². The molecule has 172 valence electrons. The second kappa shape index (κ2) is 10.7. The molecule has 9 heteroatoms. The van der Waals surface area contributed by atoms with E-state index in [1.54, 1.807) is 17.6 Å². The number of fused-ring (bicyclic) bond motifs is 1. The lowest BCUT2D eigenvalue weighted by Gasteiger charge is -2.09. The van der Waals surface area contributed by atoms with Gasteiger partial charge in [-0.1, -0.05) is 54.2 Å². The Bertz CT molecular complexity index is 1330. The van der Waals surface area contributed by atoms with Crippen molar-refractivity contribution in [1.82, 2.24) is 25.1 Å². The molecule has 0 fully saturated rings. The zero-order valence-electron chi connectivity index (χ0n) is 18.4. The molecule has 5 rings (SSSR count). The summed E-state index contributed by atoms with van der Waals surface area (Å²) in [5, 5.41) is 13.4. The summed E-state index contributed by atoms with van der Waals surface area (Å²) in [4.78, 5) is 17.1. The van der Waals surface area contributed by atoms with Crippen molar-refractivity contribution in [2.75, 3.05) is 12.3 Å². The molecule has 1 N–H and O–H groups in total. The van der Waals surface area contributed by atoms with Crippen LogP contribution in [0.1, 0.15) is 17.0 Å². The number of carbonyl (C=O) groups is 1. The number of rotatable bonds is 10. The number of aryl methyl sites for hydroxylation is 1. The fraction of sp³-hybridized carbons (Fsp3) is 0.200. The summed E-state index contributed by atoms with van der Waals surface area (Å²) in [5.41, 5.74) is 2.16. The summed E-state index contributed by atoms with van der Waals surface area (Å²) in [6, 6.07) is 21.9.